The summed E-state index contributed by atoms with van der Waals surface area (Å²) in [5, 5.41) is 8.93. The van der Waals surface area contributed by atoms with E-state index in [0.717, 1.165) is 6.07 Å². The first kappa shape index (κ1) is 11.1. The zero-order chi connectivity index (χ0) is 11.1. The summed E-state index contributed by atoms with van der Waals surface area (Å²) in [5.41, 5.74) is 2.74. The van der Waals surface area contributed by atoms with Crippen molar-refractivity contribution in [2.75, 3.05) is 5.73 Å². The monoisotopic (exact) mass is 273 g/mol. The second kappa shape index (κ2) is 3.30. The number of nitrogens with two attached hydrogens (primary N) is 1. The van der Waals surface area contributed by atoms with Gasteiger partial charge < -0.3 is 10.8 Å². The van der Waals surface area contributed by atoms with Crippen molar-refractivity contribution in [2.24, 2.45) is 0 Å². The maximum atomic E-state index is 13.0. The van der Waals surface area contributed by atoms with Gasteiger partial charge in [0.15, 0.2) is 11.6 Å². The molecule has 0 aliphatic rings. The van der Waals surface area contributed by atoms with Crippen molar-refractivity contribution in [1.29, 1.82) is 0 Å². The van der Waals surface area contributed by atoms with Gasteiger partial charge in [0, 0.05) is 0 Å². The molecule has 0 amide bonds. The molecule has 0 heterocycles. The normalized spacial score (nSPS) is 11.8. The number of phenolic OH excluding ortho intramolecular Hbond substituents is 1. The van der Waals surface area contributed by atoms with Gasteiger partial charge in [0.25, 0.3) is 0 Å². The van der Waals surface area contributed by atoms with E-state index >= 15 is 0 Å². The Labute approximate surface area is 84.5 Å². The van der Waals surface area contributed by atoms with Gasteiger partial charge in [0.2, 0.25) is 0 Å². The van der Waals surface area contributed by atoms with Crippen molar-refractivity contribution < 1.29 is 22.7 Å². The molecule has 2 nitrogen and oxygen atoms in total. The number of anilines is 1. The molecule has 3 N–H and O–H groups in total. The fraction of sp³-hybridized carbons (Fsp3) is 0.143. The first-order valence-corrected chi connectivity index (χ1v) is 4.08. The molecular formula is C7H4BrF4NO. The zero-order valence-corrected chi connectivity index (χ0v) is 8.08. The van der Waals surface area contributed by atoms with Crippen LogP contribution < -0.4 is 5.73 Å². The molecule has 1 rings (SSSR count). The third-order valence-electron chi connectivity index (χ3n) is 1.51. The van der Waals surface area contributed by atoms with Crippen molar-refractivity contribution in [3.63, 3.8) is 0 Å². The summed E-state index contributed by atoms with van der Waals surface area (Å²) in [6.45, 7) is 0. The van der Waals surface area contributed by atoms with Gasteiger partial charge in [0.1, 0.15) is 5.56 Å². The summed E-state index contributed by atoms with van der Waals surface area (Å²) in [4.78, 5) is 0. The smallest absolute Gasteiger partial charge is 0.422 e. The molecule has 0 saturated heterocycles. The Hall–Kier alpha value is -0.980. The van der Waals surface area contributed by atoms with Gasteiger partial charge in [-0.05, 0) is 22.0 Å². The lowest BCUT2D eigenvalue weighted by Crippen LogP contribution is -2.10. The molecule has 0 unspecified atom stereocenters. The fourth-order valence-electron chi connectivity index (χ4n) is 0.895. The van der Waals surface area contributed by atoms with Crippen LogP contribution in [0.4, 0.5) is 23.2 Å². The summed E-state index contributed by atoms with van der Waals surface area (Å²) in [7, 11) is 0. The molecule has 1 aromatic rings. The van der Waals surface area contributed by atoms with Crippen LogP contribution in [-0.4, -0.2) is 5.11 Å². The molecule has 14 heavy (non-hydrogen) atoms. The second-order valence-corrected chi connectivity index (χ2v) is 3.34. The van der Waals surface area contributed by atoms with E-state index in [1.807, 2.05) is 0 Å². The standard InChI is InChI=1S/C7H4BrF4NO/c8-2-1-3(13)6(14)4(5(2)9)7(10,11)12/h1,14H,13H2. The minimum atomic E-state index is -4.98. The number of rotatable bonds is 0. The van der Waals surface area contributed by atoms with Crippen LogP contribution in [0, 0.1) is 5.82 Å². The van der Waals surface area contributed by atoms with E-state index in [-0.39, 0.29) is 0 Å². The van der Waals surface area contributed by atoms with Gasteiger partial charge in [0.05, 0.1) is 10.2 Å². The summed E-state index contributed by atoms with van der Waals surface area (Å²) in [6, 6.07) is 0.861. The first-order valence-electron chi connectivity index (χ1n) is 3.28. The largest absolute Gasteiger partial charge is 0.505 e. The maximum absolute atomic E-state index is 13.0. The first-order chi connectivity index (χ1) is 6.25. The third-order valence-corrected chi connectivity index (χ3v) is 2.08. The maximum Gasteiger partial charge on any atom is 0.422 e. The molecule has 0 spiro atoms. The number of hydrogen-bond donors (Lipinski definition) is 2. The van der Waals surface area contributed by atoms with Crippen LogP contribution in [0.1, 0.15) is 5.56 Å². The third kappa shape index (κ3) is 1.77. The number of hydrogen-bond acceptors (Lipinski definition) is 2. The zero-order valence-electron chi connectivity index (χ0n) is 6.49. The molecular weight excluding hydrogens is 270 g/mol. The molecule has 0 atom stereocenters. The lowest BCUT2D eigenvalue weighted by molar-refractivity contribution is -0.141. The number of aromatic hydroxyl groups is 1. The van der Waals surface area contributed by atoms with Gasteiger partial charge in [-0.2, -0.15) is 13.2 Å². The van der Waals surface area contributed by atoms with Gasteiger partial charge in [-0.15, -0.1) is 0 Å². The quantitative estimate of drug-likeness (QED) is 0.434. The number of nitrogen functional groups attached to an aromatic ring is 1. The molecule has 0 radical (unpaired) electrons. The van der Waals surface area contributed by atoms with E-state index in [9.17, 15) is 17.6 Å². The van der Waals surface area contributed by atoms with Crippen LogP contribution in [0.2, 0.25) is 0 Å². The minimum absolute atomic E-state index is 0.444. The Morgan fingerprint density at radius 3 is 2.29 bits per heavy atom. The van der Waals surface area contributed by atoms with Crippen molar-refractivity contribution >= 4 is 21.6 Å². The SMILES string of the molecule is Nc1cc(Br)c(F)c(C(F)(F)F)c1O. The molecule has 1 aromatic carbocycles. The van der Waals surface area contributed by atoms with Gasteiger partial charge in [-0.1, -0.05) is 0 Å². The van der Waals surface area contributed by atoms with E-state index in [1.54, 1.807) is 0 Å². The highest BCUT2D eigenvalue weighted by atomic mass is 79.9. The van der Waals surface area contributed by atoms with Crippen molar-refractivity contribution in [2.45, 2.75) is 6.18 Å². The average Bonchev–Trinajstić information content (AvgIpc) is 1.98. The Kier molecular flexibility index (Phi) is 2.62. The van der Waals surface area contributed by atoms with E-state index in [1.165, 1.54) is 0 Å². The highest BCUT2D eigenvalue weighted by molar-refractivity contribution is 9.10. The molecule has 0 aromatic heterocycles. The predicted octanol–water partition coefficient (Wildman–Crippen LogP) is 2.89. The predicted molar refractivity (Wildman–Crippen MR) is 45.2 cm³/mol. The number of alkyl halides is 3. The number of phenols is 1. The Bertz CT molecular complexity index is 351. The molecule has 0 saturated carbocycles. The van der Waals surface area contributed by atoms with Crippen LogP contribution >= 0.6 is 15.9 Å². The molecule has 0 aliphatic carbocycles. The Balaban J connectivity index is 3.56. The molecule has 0 aliphatic heterocycles. The van der Waals surface area contributed by atoms with E-state index in [2.05, 4.69) is 15.9 Å². The van der Waals surface area contributed by atoms with Gasteiger partial charge in [-0.25, -0.2) is 4.39 Å². The molecule has 0 fully saturated rings. The summed E-state index contributed by atoms with van der Waals surface area (Å²) in [5.74, 6) is -2.87. The Morgan fingerprint density at radius 2 is 1.86 bits per heavy atom. The average molecular weight is 274 g/mol. The number of benzene rings is 1. The van der Waals surface area contributed by atoms with Crippen LogP contribution in [0.25, 0.3) is 0 Å². The number of halogens is 5. The highest BCUT2D eigenvalue weighted by Crippen LogP contribution is 2.42. The lowest BCUT2D eigenvalue weighted by Gasteiger charge is -2.12. The summed E-state index contributed by atoms with van der Waals surface area (Å²) in [6.07, 6.45) is -4.98. The van der Waals surface area contributed by atoms with Crippen molar-refractivity contribution in [3.05, 3.63) is 21.9 Å². The van der Waals surface area contributed by atoms with Crippen LogP contribution in [-0.2, 0) is 6.18 Å². The Morgan fingerprint density at radius 1 is 1.36 bits per heavy atom. The van der Waals surface area contributed by atoms with Crippen LogP contribution in [0.5, 0.6) is 5.75 Å². The summed E-state index contributed by atoms with van der Waals surface area (Å²) >= 11 is 2.56. The highest BCUT2D eigenvalue weighted by Gasteiger charge is 2.39. The van der Waals surface area contributed by atoms with Gasteiger partial charge in [-0.3, -0.25) is 0 Å². The summed E-state index contributed by atoms with van der Waals surface area (Å²) < 4.78 is 49.1. The molecule has 78 valence electrons. The van der Waals surface area contributed by atoms with Gasteiger partial charge >= 0.3 is 6.18 Å². The topological polar surface area (TPSA) is 46.2 Å². The molecule has 7 heteroatoms. The van der Waals surface area contributed by atoms with Crippen LogP contribution in [0.15, 0.2) is 10.5 Å². The van der Waals surface area contributed by atoms with E-state index < -0.39 is 33.5 Å². The molecule has 0 bridgehead atoms. The lowest BCUT2D eigenvalue weighted by atomic mass is 10.1. The second-order valence-electron chi connectivity index (χ2n) is 2.48. The van der Waals surface area contributed by atoms with Crippen LogP contribution in [0.3, 0.4) is 0 Å². The van der Waals surface area contributed by atoms with Crippen molar-refractivity contribution in [3.8, 4) is 5.75 Å². The fourth-order valence-corrected chi connectivity index (χ4v) is 1.34. The minimum Gasteiger partial charge on any atom is -0.505 e. The van der Waals surface area contributed by atoms with E-state index in [0.29, 0.717) is 0 Å². The van der Waals surface area contributed by atoms with Crippen molar-refractivity contribution in [1.82, 2.24) is 0 Å². The van der Waals surface area contributed by atoms with E-state index in [4.69, 9.17) is 10.8 Å².